The lowest BCUT2D eigenvalue weighted by Crippen LogP contribution is -2.38. The topological polar surface area (TPSA) is 93.1 Å². The largest absolute Gasteiger partial charge is 0.478 e. The molecule has 2 atom stereocenters. The van der Waals surface area contributed by atoms with Crippen LogP contribution in [0.1, 0.15) is 46.8 Å². The number of carbonyl (C=O) groups is 3. The molecule has 1 aliphatic heterocycles. The smallest absolute Gasteiger partial charge is 0.415 e. The monoisotopic (exact) mass is 615 g/mol. The summed E-state index contributed by atoms with van der Waals surface area (Å²) >= 11 is 13.7. The van der Waals surface area contributed by atoms with E-state index in [1.54, 1.807) is 23.9 Å². The van der Waals surface area contributed by atoms with Crippen LogP contribution in [0.5, 0.6) is 11.5 Å². The third-order valence-corrected chi connectivity index (χ3v) is 8.65. The lowest BCUT2D eigenvalue weighted by Gasteiger charge is -2.26. The van der Waals surface area contributed by atoms with Gasteiger partial charge in [-0.3, -0.25) is 4.79 Å². The van der Waals surface area contributed by atoms with E-state index >= 15 is 0 Å². The fourth-order valence-electron chi connectivity index (χ4n) is 4.89. The van der Waals surface area contributed by atoms with Crippen LogP contribution < -0.4 is 9.47 Å². The molecule has 41 heavy (non-hydrogen) atoms. The molecule has 7 nitrogen and oxygen atoms in total. The minimum absolute atomic E-state index is 0.0740. The molecule has 10 heteroatoms. The maximum absolute atomic E-state index is 13.8. The van der Waals surface area contributed by atoms with Gasteiger partial charge in [0.05, 0.1) is 10.0 Å². The first-order chi connectivity index (χ1) is 19.3. The van der Waals surface area contributed by atoms with Crippen LogP contribution in [-0.2, 0) is 4.79 Å². The number of hydrogen-bond acceptors (Lipinski definition) is 6. The number of halogens is 2. The molecule has 1 saturated heterocycles. The number of rotatable bonds is 8. The Hall–Kier alpha value is -3.20. The Morgan fingerprint density at radius 3 is 2.15 bits per heavy atom. The second-order valence-electron chi connectivity index (χ2n) is 10.6. The summed E-state index contributed by atoms with van der Waals surface area (Å²) in [6, 6.07) is 15.8. The zero-order chi connectivity index (χ0) is 30.1. The van der Waals surface area contributed by atoms with Crippen LogP contribution in [0.25, 0.3) is 0 Å². The van der Waals surface area contributed by atoms with Gasteiger partial charge < -0.3 is 19.5 Å². The summed E-state index contributed by atoms with van der Waals surface area (Å²) < 4.78 is 11.5. The van der Waals surface area contributed by atoms with Crippen molar-refractivity contribution < 1.29 is 29.0 Å². The highest BCUT2D eigenvalue weighted by atomic mass is 35.5. The van der Waals surface area contributed by atoms with Crippen LogP contribution in [0.3, 0.4) is 0 Å². The van der Waals surface area contributed by atoms with Crippen molar-refractivity contribution in [3.8, 4) is 11.5 Å². The van der Waals surface area contributed by atoms with Gasteiger partial charge in [-0.05, 0) is 74.9 Å². The van der Waals surface area contributed by atoms with Gasteiger partial charge in [0.25, 0.3) is 0 Å². The summed E-state index contributed by atoms with van der Waals surface area (Å²) in [6.45, 7) is 7.08. The zero-order valence-corrected chi connectivity index (χ0v) is 25.7. The molecule has 0 radical (unpaired) electrons. The normalized spacial score (nSPS) is 16.9. The van der Waals surface area contributed by atoms with E-state index in [-0.39, 0.29) is 35.6 Å². The Labute approximate surface area is 253 Å². The van der Waals surface area contributed by atoms with E-state index < -0.39 is 23.6 Å². The van der Waals surface area contributed by atoms with Gasteiger partial charge in [0.1, 0.15) is 11.5 Å². The summed E-state index contributed by atoms with van der Waals surface area (Å²) in [5, 5.41) is 10.1. The number of Topliss-reactive ketones (excluding diaryl/α,β-unsaturated/α-hetero) is 1. The molecule has 1 N–H and O–H groups in total. The molecule has 3 aromatic rings. The van der Waals surface area contributed by atoms with Crippen LogP contribution in [-0.4, -0.2) is 52.8 Å². The first-order valence-corrected chi connectivity index (χ1v) is 14.9. The lowest BCUT2D eigenvalue weighted by molar-refractivity contribution is -0.152. The van der Waals surface area contributed by atoms with Crippen LogP contribution in [0.4, 0.5) is 4.79 Å². The second-order valence-corrected chi connectivity index (χ2v) is 12.3. The highest BCUT2D eigenvalue weighted by molar-refractivity contribution is 7.98. The van der Waals surface area contributed by atoms with Gasteiger partial charge in [-0.1, -0.05) is 47.5 Å². The lowest BCUT2D eigenvalue weighted by atomic mass is 9.82. The molecule has 1 fully saturated rings. The third-order valence-electron chi connectivity index (χ3n) is 7.17. The van der Waals surface area contributed by atoms with Crippen molar-refractivity contribution >= 4 is 52.8 Å². The van der Waals surface area contributed by atoms with Gasteiger partial charge in [-0.2, -0.15) is 0 Å². The molecule has 3 aromatic carbocycles. The molecule has 0 spiro atoms. The number of thioether (sulfide) groups is 1. The maximum atomic E-state index is 13.8. The fraction of sp³-hybridized carbons (Fsp3) is 0.323. The van der Waals surface area contributed by atoms with Crippen molar-refractivity contribution in [3.63, 3.8) is 0 Å². The minimum atomic E-state index is -1.42. The Kier molecular flexibility index (Phi) is 9.26. The van der Waals surface area contributed by atoms with E-state index in [1.807, 2.05) is 56.5 Å². The zero-order valence-electron chi connectivity index (χ0n) is 23.4. The van der Waals surface area contributed by atoms with E-state index in [4.69, 9.17) is 32.7 Å². The number of carbonyl (C=O) groups excluding carboxylic acids is 2. The standard InChI is InChI=1S/C31H31Cl2NO6S/c1-17-12-20(13-18(2)28(17)40-31(3,4)29(36)37)23-15-34(30(38)39-21-8-11-25(32)26(33)14-21)16-24(23)27(35)19-6-9-22(41-5)10-7-19/h6-14,23-24H,15-16H2,1-5H3,(H,36,37)/t23-,24+/m1/s1. The summed E-state index contributed by atoms with van der Waals surface area (Å²) in [5.41, 5.74) is 1.47. The van der Waals surface area contributed by atoms with Crippen molar-refractivity contribution in [2.45, 2.75) is 44.1 Å². The number of ketones is 1. The van der Waals surface area contributed by atoms with Gasteiger partial charge in [0.15, 0.2) is 11.4 Å². The van der Waals surface area contributed by atoms with E-state index in [9.17, 15) is 19.5 Å². The molecule has 216 valence electrons. The highest BCUT2D eigenvalue weighted by Crippen LogP contribution is 2.39. The van der Waals surface area contributed by atoms with Crippen molar-refractivity contribution in [3.05, 3.63) is 86.9 Å². The molecule has 0 aromatic heterocycles. The molecule has 4 rings (SSSR count). The van der Waals surface area contributed by atoms with Crippen LogP contribution in [0.2, 0.25) is 10.0 Å². The van der Waals surface area contributed by atoms with Gasteiger partial charge in [0, 0.05) is 41.5 Å². The number of amides is 1. The van der Waals surface area contributed by atoms with Gasteiger partial charge in [0.2, 0.25) is 0 Å². The number of hydrogen-bond donors (Lipinski definition) is 1. The first kappa shape index (κ1) is 30.8. The number of ether oxygens (including phenoxy) is 2. The second kappa shape index (κ2) is 12.3. The Bertz CT molecular complexity index is 1470. The van der Waals surface area contributed by atoms with Crippen molar-refractivity contribution in [2.24, 2.45) is 5.92 Å². The number of carboxylic acid groups (broad SMARTS) is 1. The molecule has 1 aliphatic rings. The predicted molar refractivity (Wildman–Crippen MR) is 161 cm³/mol. The van der Waals surface area contributed by atoms with E-state index in [0.29, 0.717) is 16.3 Å². The highest BCUT2D eigenvalue weighted by Gasteiger charge is 2.42. The molecule has 0 saturated carbocycles. The van der Waals surface area contributed by atoms with Crippen molar-refractivity contribution in [1.82, 2.24) is 4.90 Å². The van der Waals surface area contributed by atoms with E-state index in [1.165, 1.54) is 24.8 Å². The van der Waals surface area contributed by atoms with Crippen molar-refractivity contribution in [2.75, 3.05) is 19.3 Å². The van der Waals surface area contributed by atoms with E-state index in [2.05, 4.69) is 0 Å². The summed E-state index contributed by atoms with van der Waals surface area (Å²) in [4.78, 5) is 41.3. The predicted octanol–water partition coefficient (Wildman–Crippen LogP) is 7.67. The number of carboxylic acids is 1. The summed E-state index contributed by atoms with van der Waals surface area (Å²) in [7, 11) is 0. The third kappa shape index (κ3) is 6.83. The van der Waals surface area contributed by atoms with Gasteiger partial charge in [-0.15, -0.1) is 11.8 Å². The quantitative estimate of drug-likeness (QED) is 0.205. The number of benzene rings is 3. The first-order valence-electron chi connectivity index (χ1n) is 12.9. The van der Waals surface area contributed by atoms with Crippen molar-refractivity contribution in [1.29, 1.82) is 0 Å². The summed E-state index contributed by atoms with van der Waals surface area (Å²) in [5.74, 6) is -1.29. The Morgan fingerprint density at radius 1 is 0.951 bits per heavy atom. The molecular weight excluding hydrogens is 585 g/mol. The molecule has 0 unspecified atom stereocenters. The van der Waals surface area contributed by atoms with Crippen LogP contribution >= 0.6 is 35.0 Å². The van der Waals surface area contributed by atoms with Gasteiger partial charge in [-0.25, -0.2) is 9.59 Å². The average molecular weight is 617 g/mol. The molecule has 1 heterocycles. The Balaban J connectivity index is 1.67. The number of likely N-dealkylation sites (tertiary alicyclic amines) is 1. The minimum Gasteiger partial charge on any atom is -0.478 e. The number of aryl methyl sites for hydroxylation is 2. The maximum Gasteiger partial charge on any atom is 0.415 e. The number of aliphatic carboxylic acids is 1. The summed E-state index contributed by atoms with van der Waals surface area (Å²) in [6.07, 6.45) is 1.37. The van der Waals surface area contributed by atoms with E-state index in [0.717, 1.165) is 21.6 Å². The van der Waals surface area contributed by atoms with Crippen LogP contribution in [0, 0.1) is 19.8 Å². The molecule has 0 bridgehead atoms. The fourth-order valence-corrected chi connectivity index (χ4v) is 5.59. The molecular formula is C31H31Cl2NO6S. The van der Waals surface area contributed by atoms with Gasteiger partial charge >= 0.3 is 12.1 Å². The molecule has 1 amide bonds. The SMILES string of the molecule is CSc1ccc(C(=O)[C@H]2CN(C(=O)Oc3ccc(Cl)c(Cl)c3)C[C@@H]2c2cc(C)c(OC(C)(C)C(=O)O)c(C)c2)cc1. The Morgan fingerprint density at radius 2 is 1.59 bits per heavy atom. The van der Waals surface area contributed by atoms with Crippen LogP contribution in [0.15, 0.2) is 59.5 Å². The number of nitrogens with zero attached hydrogens (tertiary/aromatic N) is 1. The molecule has 0 aliphatic carbocycles. The average Bonchev–Trinajstić information content (AvgIpc) is 3.38.